The van der Waals surface area contributed by atoms with Crippen LogP contribution in [-0.2, 0) is 4.79 Å². The van der Waals surface area contributed by atoms with Crippen LogP contribution in [0.1, 0.15) is 19.3 Å². The number of carbonyl (C=O) groups is 1. The van der Waals surface area contributed by atoms with Crippen molar-refractivity contribution in [1.29, 1.82) is 0 Å². The van der Waals surface area contributed by atoms with Gasteiger partial charge in [0.05, 0.1) is 5.41 Å². The van der Waals surface area contributed by atoms with E-state index in [1.165, 1.54) is 0 Å². The molecule has 2 bridgehead atoms. The van der Waals surface area contributed by atoms with Gasteiger partial charge in [-0.25, -0.2) is 5.84 Å². The van der Waals surface area contributed by atoms with Crippen LogP contribution in [0.25, 0.3) is 0 Å². The van der Waals surface area contributed by atoms with E-state index in [2.05, 4.69) is 10.3 Å². The molecule has 0 aromatic carbocycles. The predicted octanol–water partition coefficient (Wildman–Crippen LogP) is 0.306. The molecule has 0 aliphatic carbocycles. The zero-order valence-electron chi connectivity index (χ0n) is 7.99. The number of hydrogen-bond acceptors (Lipinski definition) is 3. The van der Waals surface area contributed by atoms with Crippen LogP contribution in [0, 0.1) is 5.41 Å². The molecule has 3 N–H and O–H groups in total. The van der Waals surface area contributed by atoms with Gasteiger partial charge in [-0.15, -0.1) is 24.8 Å². The van der Waals surface area contributed by atoms with Crippen LogP contribution in [0.15, 0.2) is 0 Å². The molecular weight excluding hydrogens is 225 g/mol. The molecule has 0 spiro atoms. The quantitative estimate of drug-likeness (QED) is 0.395. The molecule has 1 amide bonds. The molecule has 0 unspecified atom stereocenters. The molecule has 3 saturated heterocycles. The molecule has 3 rings (SSSR count). The van der Waals surface area contributed by atoms with Crippen molar-refractivity contribution >= 4 is 30.7 Å². The fraction of sp³-hybridized carbons (Fsp3) is 0.875. The Hall–Kier alpha value is -0.0300. The first-order valence-electron chi connectivity index (χ1n) is 4.50. The van der Waals surface area contributed by atoms with Gasteiger partial charge in [-0.3, -0.25) is 10.2 Å². The number of amides is 1. The number of hydrogen-bond donors (Lipinski definition) is 2. The molecule has 3 heterocycles. The van der Waals surface area contributed by atoms with Gasteiger partial charge in [-0.1, -0.05) is 0 Å². The van der Waals surface area contributed by atoms with Crippen molar-refractivity contribution in [2.75, 3.05) is 19.6 Å². The predicted molar refractivity (Wildman–Crippen MR) is 59.6 cm³/mol. The number of nitrogens with one attached hydrogen (secondary N) is 1. The number of nitrogens with two attached hydrogens (primary N) is 1. The molecule has 0 aromatic heterocycles. The molecule has 84 valence electrons. The molecule has 3 aliphatic rings. The molecular formula is C8H17Cl2N3O. The van der Waals surface area contributed by atoms with Crippen LogP contribution in [-0.4, -0.2) is 30.4 Å². The lowest BCUT2D eigenvalue weighted by Gasteiger charge is -2.46. The van der Waals surface area contributed by atoms with Gasteiger partial charge in [0.15, 0.2) is 0 Å². The topological polar surface area (TPSA) is 58.4 Å². The summed E-state index contributed by atoms with van der Waals surface area (Å²) in [6.07, 6.45) is 2.95. The summed E-state index contributed by atoms with van der Waals surface area (Å²) in [5.74, 6) is 5.21. The van der Waals surface area contributed by atoms with Crippen molar-refractivity contribution in [2.24, 2.45) is 11.3 Å². The summed E-state index contributed by atoms with van der Waals surface area (Å²) in [4.78, 5) is 13.9. The van der Waals surface area contributed by atoms with Crippen LogP contribution in [0.5, 0.6) is 0 Å². The van der Waals surface area contributed by atoms with Crippen molar-refractivity contribution < 1.29 is 4.79 Å². The molecule has 3 aliphatic heterocycles. The molecule has 14 heavy (non-hydrogen) atoms. The number of halogens is 2. The van der Waals surface area contributed by atoms with E-state index >= 15 is 0 Å². The van der Waals surface area contributed by atoms with Crippen molar-refractivity contribution in [2.45, 2.75) is 19.3 Å². The van der Waals surface area contributed by atoms with E-state index in [9.17, 15) is 4.79 Å². The number of nitrogens with zero attached hydrogens (tertiary/aromatic N) is 1. The minimum Gasteiger partial charge on any atom is -0.303 e. The minimum absolute atomic E-state index is 0. The second-order valence-electron chi connectivity index (χ2n) is 3.85. The van der Waals surface area contributed by atoms with Gasteiger partial charge in [-0.2, -0.15) is 0 Å². The van der Waals surface area contributed by atoms with Crippen LogP contribution in [0.4, 0.5) is 0 Å². The summed E-state index contributed by atoms with van der Waals surface area (Å²) in [5, 5.41) is 0. The molecule has 4 nitrogen and oxygen atoms in total. The number of rotatable bonds is 1. The lowest BCUT2D eigenvalue weighted by molar-refractivity contribution is -0.138. The average Bonchev–Trinajstić information content (AvgIpc) is 2.19. The molecule has 3 fully saturated rings. The maximum absolute atomic E-state index is 11.5. The highest BCUT2D eigenvalue weighted by Gasteiger charge is 2.44. The highest BCUT2D eigenvalue weighted by molar-refractivity contribution is 5.85. The standard InChI is InChI=1S/C8H15N3O.2ClH/c9-10-7(12)8-1-4-11(5-2-8)6-3-8;;/h1-6,9H2,(H,10,12);2*1H. The Kier molecular flexibility index (Phi) is 5.15. The summed E-state index contributed by atoms with van der Waals surface area (Å²) in [6, 6.07) is 0. The minimum atomic E-state index is -0.122. The Morgan fingerprint density at radius 1 is 1.14 bits per heavy atom. The van der Waals surface area contributed by atoms with Gasteiger partial charge in [0, 0.05) is 0 Å². The Bertz CT molecular complexity index is 191. The van der Waals surface area contributed by atoms with Gasteiger partial charge in [0.1, 0.15) is 0 Å². The summed E-state index contributed by atoms with van der Waals surface area (Å²) in [7, 11) is 0. The van der Waals surface area contributed by atoms with E-state index < -0.39 is 0 Å². The SMILES string of the molecule is Cl.Cl.NNC(=O)C12CCN(CC1)CC2. The van der Waals surface area contributed by atoms with Crippen LogP contribution in [0.3, 0.4) is 0 Å². The summed E-state index contributed by atoms with van der Waals surface area (Å²) in [6.45, 7) is 3.19. The first-order chi connectivity index (χ1) is 5.77. The second kappa shape index (κ2) is 5.16. The lowest BCUT2D eigenvalue weighted by atomic mass is 9.71. The fourth-order valence-corrected chi connectivity index (χ4v) is 2.32. The third-order valence-corrected chi connectivity index (χ3v) is 3.33. The number of fused-ring (bicyclic) bond motifs is 3. The number of piperidine rings is 3. The summed E-state index contributed by atoms with van der Waals surface area (Å²) >= 11 is 0. The third kappa shape index (κ3) is 2.14. The van der Waals surface area contributed by atoms with Gasteiger partial charge in [-0.05, 0) is 38.9 Å². The number of hydrazine groups is 1. The average molecular weight is 242 g/mol. The maximum atomic E-state index is 11.5. The normalized spacial score (nSPS) is 33.9. The highest BCUT2D eigenvalue weighted by atomic mass is 35.5. The summed E-state index contributed by atoms with van der Waals surface area (Å²) in [5.41, 5.74) is 2.17. The van der Waals surface area contributed by atoms with Crippen molar-refractivity contribution in [3.8, 4) is 0 Å². The van der Waals surface area contributed by atoms with E-state index in [4.69, 9.17) is 5.84 Å². The smallest absolute Gasteiger partial charge is 0.240 e. The fourth-order valence-electron chi connectivity index (χ4n) is 2.32. The van der Waals surface area contributed by atoms with Crippen LogP contribution < -0.4 is 11.3 Å². The monoisotopic (exact) mass is 241 g/mol. The molecule has 0 atom stereocenters. The van der Waals surface area contributed by atoms with Gasteiger partial charge < -0.3 is 4.90 Å². The van der Waals surface area contributed by atoms with Crippen molar-refractivity contribution in [3.63, 3.8) is 0 Å². The Labute approximate surface area is 96.4 Å². The molecule has 0 saturated carbocycles. The zero-order chi connectivity index (χ0) is 8.60. The van der Waals surface area contributed by atoms with Gasteiger partial charge in [0.2, 0.25) is 5.91 Å². The van der Waals surface area contributed by atoms with E-state index in [0.717, 1.165) is 38.9 Å². The Morgan fingerprint density at radius 2 is 1.57 bits per heavy atom. The zero-order valence-corrected chi connectivity index (χ0v) is 9.62. The maximum Gasteiger partial charge on any atom is 0.240 e. The third-order valence-electron chi connectivity index (χ3n) is 3.33. The molecule has 0 aromatic rings. The second-order valence-corrected chi connectivity index (χ2v) is 3.85. The van der Waals surface area contributed by atoms with E-state index in [-0.39, 0.29) is 36.1 Å². The number of carbonyl (C=O) groups excluding carboxylic acids is 1. The first-order valence-corrected chi connectivity index (χ1v) is 4.50. The van der Waals surface area contributed by atoms with Crippen molar-refractivity contribution in [3.05, 3.63) is 0 Å². The molecule has 0 radical (unpaired) electrons. The van der Waals surface area contributed by atoms with Gasteiger partial charge >= 0.3 is 0 Å². The van der Waals surface area contributed by atoms with Crippen molar-refractivity contribution in [1.82, 2.24) is 10.3 Å². The van der Waals surface area contributed by atoms with E-state index in [1.54, 1.807) is 0 Å². The Morgan fingerprint density at radius 3 is 1.93 bits per heavy atom. The van der Waals surface area contributed by atoms with Crippen LogP contribution in [0.2, 0.25) is 0 Å². The largest absolute Gasteiger partial charge is 0.303 e. The highest BCUT2D eigenvalue weighted by Crippen LogP contribution is 2.39. The lowest BCUT2D eigenvalue weighted by Crippen LogP contribution is -2.56. The van der Waals surface area contributed by atoms with Crippen LogP contribution >= 0.6 is 24.8 Å². The van der Waals surface area contributed by atoms with E-state index in [1.807, 2.05) is 0 Å². The Balaban J connectivity index is 0.000000845. The van der Waals surface area contributed by atoms with Gasteiger partial charge in [0.25, 0.3) is 0 Å². The summed E-state index contributed by atoms with van der Waals surface area (Å²) < 4.78 is 0. The van der Waals surface area contributed by atoms with E-state index in [0.29, 0.717) is 0 Å². The molecule has 6 heteroatoms. The first kappa shape index (κ1) is 14.0.